The summed E-state index contributed by atoms with van der Waals surface area (Å²) in [5.74, 6) is -1.19. The number of hydrogen-bond acceptors (Lipinski definition) is 4. The zero-order valence-corrected chi connectivity index (χ0v) is 10.3. The van der Waals surface area contributed by atoms with E-state index in [1.165, 1.54) is 0 Å². The second-order valence-electron chi connectivity index (χ2n) is 3.88. The summed E-state index contributed by atoms with van der Waals surface area (Å²) < 4.78 is 0. The maximum absolute atomic E-state index is 11.8. The van der Waals surface area contributed by atoms with Crippen molar-refractivity contribution >= 4 is 11.8 Å². The largest absolute Gasteiger partial charge is 0.368 e. The van der Waals surface area contributed by atoms with E-state index in [4.69, 9.17) is 11.0 Å². The molecule has 0 fully saturated rings. The molecule has 0 aromatic rings. The van der Waals surface area contributed by atoms with E-state index in [-0.39, 0.29) is 0 Å². The van der Waals surface area contributed by atoms with Gasteiger partial charge in [0, 0.05) is 0 Å². The lowest BCUT2D eigenvalue weighted by Crippen LogP contribution is -2.41. The van der Waals surface area contributed by atoms with Crippen molar-refractivity contribution in [2.24, 2.45) is 11.1 Å². The molecule has 0 aliphatic rings. The molecule has 0 aliphatic carbocycles. The lowest BCUT2D eigenvalue weighted by Gasteiger charge is -2.23. The maximum Gasteiger partial charge on any atom is 0.264 e. The molecule has 0 atom stereocenters. The Balaban J connectivity index is 4.52. The summed E-state index contributed by atoms with van der Waals surface area (Å²) in [4.78, 5) is 26.9. The Morgan fingerprint density at radius 2 is 1.88 bits per heavy atom. The average molecular weight is 241 g/mol. The molecule has 0 rings (SSSR count). The van der Waals surface area contributed by atoms with Crippen molar-refractivity contribution in [3.8, 4) is 6.07 Å². The number of hydrogen-bond donors (Lipinski definition) is 2. The molecule has 0 radical (unpaired) electrons. The van der Waals surface area contributed by atoms with E-state index < -0.39 is 23.8 Å². The van der Waals surface area contributed by atoms with Gasteiger partial charge in [-0.05, 0) is 12.8 Å². The molecular formula is C11H19N3O3. The van der Waals surface area contributed by atoms with Crippen LogP contribution in [0.25, 0.3) is 0 Å². The maximum atomic E-state index is 11.8. The van der Waals surface area contributed by atoms with Gasteiger partial charge in [0.15, 0.2) is 6.61 Å². The predicted molar refractivity (Wildman–Crippen MR) is 61.2 cm³/mol. The van der Waals surface area contributed by atoms with Crippen LogP contribution in [0.15, 0.2) is 0 Å². The lowest BCUT2D eigenvalue weighted by atomic mass is 9.80. The molecule has 0 aromatic carbocycles. The van der Waals surface area contributed by atoms with E-state index in [1.807, 2.05) is 19.9 Å². The molecule has 0 saturated carbocycles. The van der Waals surface area contributed by atoms with Gasteiger partial charge < -0.3 is 5.73 Å². The number of nitrogens with zero attached hydrogens (tertiary/aromatic N) is 1. The zero-order valence-electron chi connectivity index (χ0n) is 10.3. The van der Waals surface area contributed by atoms with Crippen molar-refractivity contribution < 1.29 is 14.4 Å². The number of nitrogens with two attached hydrogens (primary N) is 1. The Hall–Kier alpha value is -1.61. The second kappa shape index (κ2) is 7.63. The fourth-order valence-electron chi connectivity index (χ4n) is 1.64. The monoisotopic (exact) mass is 241 g/mol. The summed E-state index contributed by atoms with van der Waals surface area (Å²) in [6.07, 6.45) is 2.36. The normalized spacial score (nSPS) is 10.6. The van der Waals surface area contributed by atoms with Crippen molar-refractivity contribution in [1.82, 2.24) is 5.48 Å². The second-order valence-corrected chi connectivity index (χ2v) is 3.88. The first kappa shape index (κ1) is 15.4. The molecule has 0 heterocycles. The van der Waals surface area contributed by atoms with Crippen molar-refractivity contribution in [3.63, 3.8) is 0 Å². The van der Waals surface area contributed by atoms with Crippen LogP contribution in [-0.2, 0) is 14.4 Å². The molecule has 0 unspecified atom stereocenters. The molecule has 0 spiro atoms. The van der Waals surface area contributed by atoms with Crippen molar-refractivity contribution in [2.45, 2.75) is 39.5 Å². The molecule has 17 heavy (non-hydrogen) atoms. The number of carbonyl (C=O) groups excluding carboxylic acids is 2. The first-order valence-electron chi connectivity index (χ1n) is 5.64. The number of rotatable bonds is 8. The Bertz CT molecular complexity index is 304. The van der Waals surface area contributed by atoms with Crippen molar-refractivity contribution in [2.75, 3.05) is 6.61 Å². The molecule has 3 N–H and O–H groups in total. The quantitative estimate of drug-likeness (QED) is 0.608. The smallest absolute Gasteiger partial charge is 0.264 e. The fourth-order valence-corrected chi connectivity index (χ4v) is 1.64. The first-order valence-corrected chi connectivity index (χ1v) is 5.64. The van der Waals surface area contributed by atoms with Crippen LogP contribution in [0.1, 0.15) is 39.5 Å². The Morgan fingerprint density at radius 1 is 1.35 bits per heavy atom. The van der Waals surface area contributed by atoms with Crippen molar-refractivity contribution in [3.05, 3.63) is 0 Å². The summed E-state index contributed by atoms with van der Waals surface area (Å²) in [6, 6.07) is 2.05. The number of nitriles is 1. The SMILES string of the molecule is CCCC(C#N)(CCC)C(=O)NOCC(N)=O. The van der Waals surface area contributed by atoms with E-state index in [0.717, 1.165) is 12.8 Å². The molecule has 0 aliphatic heterocycles. The molecule has 0 bridgehead atoms. The first-order chi connectivity index (χ1) is 8.02. The van der Waals surface area contributed by atoms with Gasteiger partial charge in [0.2, 0.25) is 5.91 Å². The van der Waals surface area contributed by atoms with E-state index >= 15 is 0 Å². The van der Waals surface area contributed by atoms with Crippen LogP contribution in [0, 0.1) is 16.7 Å². The number of primary amides is 1. The molecule has 6 nitrogen and oxygen atoms in total. The zero-order chi connectivity index (χ0) is 13.3. The van der Waals surface area contributed by atoms with Crippen LogP contribution in [0.3, 0.4) is 0 Å². The third-order valence-electron chi connectivity index (χ3n) is 2.38. The lowest BCUT2D eigenvalue weighted by molar-refractivity contribution is -0.144. The highest BCUT2D eigenvalue weighted by molar-refractivity contribution is 5.84. The molecule has 2 amide bonds. The van der Waals surface area contributed by atoms with Crippen molar-refractivity contribution in [1.29, 1.82) is 5.26 Å². The summed E-state index contributed by atoms with van der Waals surface area (Å²) in [6.45, 7) is 3.41. The Morgan fingerprint density at radius 3 is 2.24 bits per heavy atom. The van der Waals surface area contributed by atoms with E-state index in [9.17, 15) is 9.59 Å². The van der Waals surface area contributed by atoms with Crippen LogP contribution < -0.4 is 11.2 Å². The summed E-state index contributed by atoms with van der Waals surface area (Å²) in [5.41, 5.74) is 5.89. The topological polar surface area (TPSA) is 105 Å². The molecule has 6 heteroatoms. The average Bonchev–Trinajstić information content (AvgIpc) is 2.27. The number of nitrogens with one attached hydrogen (secondary N) is 1. The predicted octanol–water partition coefficient (Wildman–Crippen LogP) is 0.630. The van der Waals surface area contributed by atoms with Crippen LogP contribution in [0.2, 0.25) is 0 Å². The number of carbonyl (C=O) groups is 2. The van der Waals surface area contributed by atoms with Crippen LogP contribution in [-0.4, -0.2) is 18.4 Å². The van der Waals surface area contributed by atoms with Gasteiger partial charge >= 0.3 is 0 Å². The third kappa shape index (κ3) is 4.83. The molecular weight excluding hydrogens is 222 g/mol. The Kier molecular flexibility index (Phi) is 6.91. The number of hydroxylamine groups is 1. The van der Waals surface area contributed by atoms with Gasteiger partial charge in [0.25, 0.3) is 5.91 Å². The van der Waals surface area contributed by atoms with Gasteiger partial charge in [-0.25, -0.2) is 5.48 Å². The Labute approximate surface area is 101 Å². The summed E-state index contributed by atoms with van der Waals surface area (Å²) in [5, 5.41) is 9.16. The minimum Gasteiger partial charge on any atom is -0.368 e. The molecule has 0 saturated heterocycles. The molecule has 96 valence electrons. The van der Waals surface area contributed by atoms with Gasteiger partial charge in [-0.2, -0.15) is 5.26 Å². The van der Waals surface area contributed by atoms with E-state index in [1.54, 1.807) is 0 Å². The van der Waals surface area contributed by atoms with Crippen LogP contribution in [0.5, 0.6) is 0 Å². The van der Waals surface area contributed by atoms with Crippen LogP contribution in [0.4, 0.5) is 0 Å². The van der Waals surface area contributed by atoms with Crippen LogP contribution >= 0.6 is 0 Å². The fraction of sp³-hybridized carbons (Fsp3) is 0.727. The number of amides is 2. The van der Waals surface area contributed by atoms with Gasteiger partial charge in [-0.1, -0.05) is 26.7 Å². The minimum atomic E-state index is -1.08. The summed E-state index contributed by atoms with van der Waals surface area (Å²) >= 11 is 0. The highest BCUT2D eigenvalue weighted by atomic mass is 16.7. The third-order valence-corrected chi connectivity index (χ3v) is 2.38. The van der Waals surface area contributed by atoms with Gasteiger partial charge in [0.1, 0.15) is 5.41 Å². The summed E-state index contributed by atoms with van der Waals surface area (Å²) in [7, 11) is 0. The molecule has 0 aromatic heterocycles. The standard InChI is InChI=1S/C11H19N3O3/c1-3-5-11(8-12,6-4-2)10(16)14-17-7-9(13)15/h3-7H2,1-2H3,(H2,13,15)(H,14,16). The minimum absolute atomic E-state index is 0.397. The van der Waals surface area contributed by atoms with Gasteiger partial charge in [-0.15, -0.1) is 0 Å². The van der Waals surface area contributed by atoms with Gasteiger partial charge in [0.05, 0.1) is 6.07 Å². The highest BCUT2D eigenvalue weighted by Crippen LogP contribution is 2.29. The highest BCUT2D eigenvalue weighted by Gasteiger charge is 2.37. The van der Waals surface area contributed by atoms with E-state index in [0.29, 0.717) is 12.8 Å². The van der Waals surface area contributed by atoms with Gasteiger partial charge in [-0.3, -0.25) is 14.4 Å². The van der Waals surface area contributed by atoms with E-state index in [2.05, 4.69) is 10.3 Å².